The molecule has 8 heteroatoms. The first-order valence-corrected chi connectivity index (χ1v) is 13.5. The van der Waals surface area contributed by atoms with Gasteiger partial charge in [-0.3, -0.25) is 24.2 Å². The van der Waals surface area contributed by atoms with Gasteiger partial charge >= 0.3 is 0 Å². The summed E-state index contributed by atoms with van der Waals surface area (Å²) in [4.78, 5) is 34.9. The average molecular weight is 516 g/mol. The minimum atomic E-state index is -1.47. The number of alkyl halides is 1. The third kappa shape index (κ3) is 4.10. The van der Waals surface area contributed by atoms with Crippen LogP contribution >= 0.6 is 0 Å². The Kier molecular flexibility index (Phi) is 5.89. The Labute approximate surface area is 222 Å². The Hall–Kier alpha value is -3.55. The summed E-state index contributed by atoms with van der Waals surface area (Å²) < 4.78 is 18.3. The van der Waals surface area contributed by atoms with Crippen LogP contribution in [0.3, 0.4) is 0 Å². The number of amides is 2. The van der Waals surface area contributed by atoms with E-state index in [2.05, 4.69) is 5.10 Å². The number of halogens is 1. The van der Waals surface area contributed by atoms with Crippen molar-refractivity contribution < 1.29 is 14.0 Å². The fourth-order valence-electron chi connectivity index (χ4n) is 6.01. The van der Waals surface area contributed by atoms with Gasteiger partial charge in [0.25, 0.3) is 5.91 Å². The lowest BCUT2D eigenvalue weighted by Gasteiger charge is -2.38. The molecule has 2 aliphatic heterocycles. The fraction of sp³-hybridized carbons (Fsp3) is 0.467. The Morgan fingerprint density at radius 3 is 2.58 bits per heavy atom. The molecule has 2 aliphatic carbocycles. The zero-order valence-electron chi connectivity index (χ0n) is 22.2. The van der Waals surface area contributed by atoms with Crippen molar-refractivity contribution in [2.24, 2.45) is 23.9 Å². The molecule has 2 unspecified atom stereocenters. The molecule has 0 radical (unpaired) electrons. The number of likely N-dealkylation sites (tertiary alicyclic amines) is 1. The fourth-order valence-corrected chi connectivity index (χ4v) is 6.01. The third-order valence-electron chi connectivity index (χ3n) is 8.32. The van der Waals surface area contributed by atoms with Gasteiger partial charge in [-0.15, -0.1) is 0 Å². The molecule has 2 amide bonds. The first-order valence-electron chi connectivity index (χ1n) is 13.5. The van der Waals surface area contributed by atoms with E-state index in [4.69, 9.17) is 4.99 Å². The zero-order valence-corrected chi connectivity index (χ0v) is 22.2. The van der Waals surface area contributed by atoms with Gasteiger partial charge in [-0.05, 0) is 56.2 Å². The molecule has 4 aliphatic rings. The van der Waals surface area contributed by atoms with Gasteiger partial charge < -0.3 is 4.90 Å². The zero-order chi connectivity index (χ0) is 26.7. The molecule has 2 fully saturated rings. The molecule has 7 nitrogen and oxygen atoms in total. The van der Waals surface area contributed by atoms with E-state index in [1.807, 2.05) is 47.4 Å². The van der Waals surface area contributed by atoms with Crippen molar-refractivity contribution >= 4 is 23.2 Å². The highest BCUT2D eigenvalue weighted by Gasteiger charge is 2.55. The van der Waals surface area contributed by atoms with Gasteiger partial charge in [-0.2, -0.15) is 5.10 Å². The molecule has 3 heterocycles. The number of benzene rings is 1. The summed E-state index contributed by atoms with van der Waals surface area (Å²) in [6.45, 7) is 5.32. The third-order valence-corrected chi connectivity index (χ3v) is 8.32. The van der Waals surface area contributed by atoms with E-state index in [1.165, 1.54) is 0 Å². The van der Waals surface area contributed by atoms with Crippen LogP contribution in [0.1, 0.15) is 44.2 Å². The summed E-state index contributed by atoms with van der Waals surface area (Å²) in [5.41, 5.74) is 0.0674. The molecule has 3 atom stereocenters. The Bertz CT molecular complexity index is 1360. The van der Waals surface area contributed by atoms with Crippen LogP contribution < -0.4 is 0 Å². The Morgan fingerprint density at radius 2 is 1.92 bits per heavy atom. The number of aliphatic imine (C=N–C) groups is 1. The molecule has 1 saturated heterocycles. The van der Waals surface area contributed by atoms with E-state index in [0.29, 0.717) is 31.0 Å². The van der Waals surface area contributed by atoms with Crippen LogP contribution in [0, 0.1) is 11.8 Å². The summed E-state index contributed by atoms with van der Waals surface area (Å²) in [7, 11) is 1.80. The molecular weight excluding hydrogens is 481 g/mol. The molecule has 6 rings (SSSR count). The van der Waals surface area contributed by atoms with Crippen LogP contribution in [0.2, 0.25) is 0 Å². The number of rotatable bonds is 6. The van der Waals surface area contributed by atoms with Gasteiger partial charge in [0.1, 0.15) is 23.0 Å². The monoisotopic (exact) mass is 515 g/mol. The van der Waals surface area contributed by atoms with E-state index >= 15 is 4.39 Å². The summed E-state index contributed by atoms with van der Waals surface area (Å²) in [6.07, 6.45) is 10.2. The predicted octanol–water partition coefficient (Wildman–Crippen LogP) is 3.93. The highest BCUT2D eigenvalue weighted by Crippen LogP contribution is 2.44. The normalized spacial score (nSPS) is 28.6. The smallest absolute Gasteiger partial charge is 0.255 e. The van der Waals surface area contributed by atoms with Gasteiger partial charge in [-0.25, -0.2) is 4.39 Å². The van der Waals surface area contributed by atoms with E-state index < -0.39 is 17.1 Å². The largest absolute Gasteiger partial charge is 0.342 e. The second kappa shape index (κ2) is 9.03. The number of aryl methyl sites for hydroxylation is 1. The molecule has 1 aromatic heterocycles. The lowest BCUT2D eigenvalue weighted by molar-refractivity contribution is -0.131. The molecule has 0 N–H and O–H groups in total. The quantitative estimate of drug-likeness (QED) is 0.586. The van der Waals surface area contributed by atoms with Crippen LogP contribution in [0.25, 0.3) is 5.57 Å². The molecule has 1 aromatic carbocycles. The van der Waals surface area contributed by atoms with Crippen LogP contribution in [0.5, 0.6) is 0 Å². The van der Waals surface area contributed by atoms with E-state index in [-0.39, 0.29) is 23.7 Å². The minimum Gasteiger partial charge on any atom is -0.342 e. The van der Waals surface area contributed by atoms with Crippen molar-refractivity contribution in [2.45, 2.75) is 50.2 Å². The van der Waals surface area contributed by atoms with E-state index in [0.717, 1.165) is 30.4 Å². The van der Waals surface area contributed by atoms with Crippen LogP contribution in [-0.4, -0.2) is 68.6 Å². The van der Waals surface area contributed by atoms with E-state index in [9.17, 15) is 9.59 Å². The van der Waals surface area contributed by atoms with Crippen molar-refractivity contribution in [3.63, 3.8) is 0 Å². The molecular formula is C30H34FN5O2. The number of allylic oxidation sites excluding steroid dienone is 3. The summed E-state index contributed by atoms with van der Waals surface area (Å²) >= 11 is 0. The summed E-state index contributed by atoms with van der Waals surface area (Å²) in [6, 6.07) is 9.72. The second-order valence-corrected chi connectivity index (χ2v) is 11.6. The predicted molar refractivity (Wildman–Crippen MR) is 144 cm³/mol. The minimum absolute atomic E-state index is 0.118. The summed E-state index contributed by atoms with van der Waals surface area (Å²) in [5.74, 6) is 0.810. The van der Waals surface area contributed by atoms with Crippen molar-refractivity contribution in [2.75, 3.05) is 19.6 Å². The first kappa shape index (κ1) is 24.8. The number of hydrogen-bond donors (Lipinski definition) is 0. The van der Waals surface area contributed by atoms with Crippen LogP contribution in [0.4, 0.5) is 4.39 Å². The lowest BCUT2D eigenvalue weighted by Crippen LogP contribution is -2.53. The molecule has 2 aromatic rings. The lowest BCUT2D eigenvalue weighted by atomic mass is 9.72. The maximum absolute atomic E-state index is 16.7. The van der Waals surface area contributed by atoms with E-state index in [1.54, 1.807) is 48.9 Å². The molecule has 0 bridgehead atoms. The number of amidine groups is 1. The van der Waals surface area contributed by atoms with Gasteiger partial charge in [0.05, 0.1) is 6.20 Å². The summed E-state index contributed by atoms with van der Waals surface area (Å²) in [5, 5.41) is 4.35. The second-order valence-electron chi connectivity index (χ2n) is 11.6. The number of nitrogens with zero attached hydrogens (tertiary/aromatic N) is 5. The maximum Gasteiger partial charge on any atom is 0.255 e. The van der Waals surface area contributed by atoms with Crippen LogP contribution in [-0.2, 0) is 22.1 Å². The number of carbonyl (C=O) groups is 2. The van der Waals surface area contributed by atoms with Gasteiger partial charge in [0.15, 0.2) is 0 Å². The maximum atomic E-state index is 16.7. The number of carbonyl (C=O) groups excluding carboxylic acids is 2. The average Bonchev–Trinajstić information content (AvgIpc) is 3.42. The number of aromatic nitrogens is 2. The SMILES string of the molecule is Cn1cc(C2(C3=NC(C)(C)C(=O)N3CC3CCN(C(=O)C4CC4)C3)C=CC(c3ccccc3)=C[C@H]2F)cn1. The highest BCUT2D eigenvalue weighted by atomic mass is 19.1. The Balaban J connectivity index is 1.36. The van der Waals surface area contributed by atoms with Crippen molar-refractivity contribution in [1.82, 2.24) is 19.6 Å². The van der Waals surface area contributed by atoms with Crippen molar-refractivity contribution in [3.8, 4) is 0 Å². The van der Waals surface area contributed by atoms with Crippen molar-refractivity contribution in [1.29, 1.82) is 0 Å². The molecule has 0 spiro atoms. The van der Waals surface area contributed by atoms with Gasteiger partial charge in [-0.1, -0.05) is 42.5 Å². The standard InChI is InChI=1S/C30H34FN5O2/c1-29(2)28(38)36(18-20-12-14-35(17-20)26(37)22-9-10-22)27(33-29)30(24-16-32-34(3)19-24)13-11-23(15-25(30)31)21-7-5-4-6-8-21/h4-8,11,13,15-16,19-20,22,25H,9-10,12,14,17-18H2,1-3H3/t20?,25-,30?/m1/s1. The highest BCUT2D eigenvalue weighted by molar-refractivity contribution is 6.13. The van der Waals surface area contributed by atoms with Crippen molar-refractivity contribution in [3.05, 3.63) is 72.1 Å². The van der Waals surface area contributed by atoms with Gasteiger partial charge in [0.2, 0.25) is 5.91 Å². The molecule has 198 valence electrons. The number of hydrogen-bond acceptors (Lipinski definition) is 4. The molecule has 1 saturated carbocycles. The Morgan fingerprint density at radius 1 is 1.16 bits per heavy atom. The topological polar surface area (TPSA) is 70.8 Å². The van der Waals surface area contributed by atoms with Crippen LogP contribution in [0.15, 0.2) is 65.9 Å². The molecule has 38 heavy (non-hydrogen) atoms. The first-order chi connectivity index (χ1) is 18.2. The van der Waals surface area contributed by atoms with Gasteiger partial charge in [0, 0.05) is 44.4 Å².